The molecule has 0 bridgehead atoms. The summed E-state index contributed by atoms with van der Waals surface area (Å²) >= 11 is 0. The Hall–Kier alpha value is -1.30. The molecule has 1 aliphatic heterocycles. The molecule has 2 nitrogen and oxygen atoms in total. The summed E-state index contributed by atoms with van der Waals surface area (Å²) in [5, 5.41) is 2.38. The van der Waals surface area contributed by atoms with Gasteiger partial charge < -0.3 is 10.2 Å². The van der Waals surface area contributed by atoms with E-state index in [1.807, 2.05) is 24.3 Å². The average Bonchev–Trinajstić information content (AvgIpc) is 2.48. The van der Waals surface area contributed by atoms with E-state index in [2.05, 4.69) is 10.2 Å². The van der Waals surface area contributed by atoms with Crippen LogP contribution in [0.3, 0.4) is 0 Å². The Morgan fingerprint density at radius 3 is 2.24 bits per heavy atom. The van der Waals surface area contributed by atoms with Crippen LogP contribution in [0.25, 0.3) is 0 Å². The number of anilines is 1. The van der Waals surface area contributed by atoms with Crippen LogP contribution in [-0.2, 0) is 6.54 Å². The van der Waals surface area contributed by atoms with Gasteiger partial charge in [0.05, 0.1) is 6.54 Å². The van der Waals surface area contributed by atoms with Crippen molar-refractivity contribution in [3.8, 4) is 0 Å². The standard InChI is InChI=1S/C15H20F4N2/c16-14(17)15(18,19)11-20-10-12-4-6-13(7-5-12)21-8-2-1-3-9-21/h4-7,14,20H,1-3,8-11H2. The minimum Gasteiger partial charge on any atom is -0.372 e. The summed E-state index contributed by atoms with van der Waals surface area (Å²) in [5.41, 5.74) is 1.93. The second kappa shape index (κ2) is 7.11. The molecule has 0 aliphatic carbocycles. The highest BCUT2D eigenvalue weighted by Crippen LogP contribution is 2.22. The number of alkyl halides is 4. The van der Waals surface area contributed by atoms with Crippen LogP contribution in [-0.4, -0.2) is 32.0 Å². The lowest BCUT2D eigenvalue weighted by Crippen LogP contribution is -2.38. The van der Waals surface area contributed by atoms with Crippen LogP contribution in [0.1, 0.15) is 24.8 Å². The topological polar surface area (TPSA) is 15.3 Å². The lowest BCUT2D eigenvalue weighted by molar-refractivity contribution is -0.125. The third-order valence-electron chi connectivity index (χ3n) is 3.67. The van der Waals surface area contributed by atoms with Crippen LogP contribution in [0.15, 0.2) is 24.3 Å². The zero-order valence-electron chi connectivity index (χ0n) is 11.8. The molecule has 6 heteroatoms. The fourth-order valence-corrected chi connectivity index (χ4v) is 2.43. The van der Waals surface area contributed by atoms with E-state index in [0.717, 1.165) is 24.3 Å². The Morgan fingerprint density at radius 1 is 1.05 bits per heavy atom. The number of piperidine rings is 1. The molecule has 1 aromatic carbocycles. The van der Waals surface area contributed by atoms with Crippen molar-refractivity contribution in [2.24, 2.45) is 0 Å². The summed E-state index contributed by atoms with van der Waals surface area (Å²) in [4.78, 5) is 2.30. The zero-order valence-corrected chi connectivity index (χ0v) is 11.8. The van der Waals surface area contributed by atoms with Gasteiger partial charge in [-0.25, -0.2) is 8.78 Å². The molecule has 21 heavy (non-hydrogen) atoms. The molecule has 1 N–H and O–H groups in total. The molecule has 1 aliphatic rings. The van der Waals surface area contributed by atoms with Crippen LogP contribution < -0.4 is 10.2 Å². The predicted octanol–water partition coefficient (Wildman–Crippen LogP) is 3.67. The van der Waals surface area contributed by atoms with E-state index >= 15 is 0 Å². The second-order valence-corrected chi connectivity index (χ2v) is 5.38. The molecule has 1 aromatic rings. The Balaban J connectivity index is 1.82. The van der Waals surface area contributed by atoms with Gasteiger partial charge in [0.15, 0.2) is 0 Å². The number of nitrogens with zero attached hydrogens (tertiary/aromatic N) is 1. The minimum absolute atomic E-state index is 0.155. The fraction of sp³-hybridized carbons (Fsp3) is 0.600. The molecule has 0 saturated carbocycles. The maximum Gasteiger partial charge on any atom is 0.319 e. The second-order valence-electron chi connectivity index (χ2n) is 5.38. The summed E-state index contributed by atoms with van der Waals surface area (Å²) in [6, 6.07) is 7.59. The molecule has 1 fully saturated rings. The number of benzene rings is 1. The molecule has 0 spiro atoms. The summed E-state index contributed by atoms with van der Waals surface area (Å²) in [7, 11) is 0. The Labute approximate surface area is 122 Å². The Morgan fingerprint density at radius 2 is 1.67 bits per heavy atom. The van der Waals surface area contributed by atoms with Crippen molar-refractivity contribution in [3.05, 3.63) is 29.8 Å². The van der Waals surface area contributed by atoms with Crippen molar-refractivity contribution in [2.75, 3.05) is 24.5 Å². The number of nitrogens with one attached hydrogen (secondary N) is 1. The summed E-state index contributed by atoms with van der Waals surface area (Å²) in [6.45, 7) is 1.22. The van der Waals surface area contributed by atoms with E-state index in [0.29, 0.717) is 0 Å². The van der Waals surface area contributed by atoms with Crippen LogP contribution >= 0.6 is 0 Å². The minimum atomic E-state index is -3.98. The largest absolute Gasteiger partial charge is 0.372 e. The van der Waals surface area contributed by atoms with Gasteiger partial charge in [0, 0.05) is 25.3 Å². The molecule has 1 heterocycles. The van der Waals surface area contributed by atoms with Crippen LogP contribution in [0, 0.1) is 0 Å². The van der Waals surface area contributed by atoms with E-state index in [1.54, 1.807) is 0 Å². The van der Waals surface area contributed by atoms with Crippen molar-refractivity contribution >= 4 is 5.69 Å². The highest BCUT2D eigenvalue weighted by molar-refractivity contribution is 5.47. The highest BCUT2D eigenvalue weighted by atomic mass is 19.3. The lowest BCUT2D eigenvalue weighted by Gasteiger charge is -2.28. The highest BCUT2D eigenvalue weighted by Gasteiger charge is 2.39. The van der Waals surface area contributed by atoms with Crippen molar-refractivity contribution in [2.45, 2.75) is 38.2 Å². The van der Waals surface area contributed by atoms with Gasteiger partial charge in [0.25, 0.3) is 0 Å². The molecule has 0 unspecified atom stereocenters. The predicted molar refractivity (Wildman–Crippen MR) is 75.2 cm³/mol. The van der Waals surface area contributed by atoms with Gasteiger partial charge in [-0.15, -0.1) is 0 Å². The third-order valence-corrected chi connectivity index (χ3v) is 3.67. The molecule has 118 valence electrons. The van der Waals surface area contributed by atoms with Gasteiger partial charge in [-0.3, -0.25) is 0 Å². The fourth-order valence-electron chi connectivity index (χ4n) is 2.43. The van der Waals surface area contributed by atoms with Crippen LogP contribution in [0.2, 0.25) is 0 Å². The summed E-state index contributed by atoms with van der Waals surface area (Å²) < 4.78 is 49.5. The van der Waals surface area contributed by atoms with Gasteiger partial charge >= 0.3 is 12.3 Å². The van der Waals surface area contributed by atoms with Crippen LogP contribution in [0.4, 0.5) is 23.2 Å². The molecule has 1 saturated heterocycles. The molecule has 2 rings (SSSR count). The van der Waals surface area contributed by atoms with Crippen molar-refractivity contribution in [3.63, 3.8) is 0 Å². The summed E-state index contributed by atoms with van der Waals surface area (Å²) in [6.07, 6.45) is 0.000926. The van der Waals surface area contributed by atoms with Gasteiger partial charge in [0.1, 0.15) is 0 Å². The molecule has 0 amide bonds. The third kappa shape index (κ3) is 4.59. The van der Waals surface area contributed by atoms with Crippen molar-refractivity contribution in [1.82, 2.24) is 5.32 Å². The normalized spacial score (nSPS) is 16.5. The van der Waals surface area contributed by atoms with Gasteiger partial charge in [-0.1, -0.05) is 12.1 Å². The SMILES string of the molecule is FC(F)C(F)(F)CNCc1ccc(N2CCCCC2)cc1. The zero-order chi connectivity index (χ0) is 15.3. The molecular formula is C15H20F4N2. The van der Waals surface area contributed by atoms with E-state index in [-0.39, 0.29) is 6.54 Å². The van der Waals surface area contributed by atoms with Crippen molar-refractivity contribution in [1.29, 1.82) is 0 Å². The maximum atomic E-state index is 12.7. The first-order chi connectivity index (χ1) is 9.99. The molecular weight excluding hydrogens is 284 g/mol. The van der Waals surface area contributed by atoms with E-state index < -0.39 is 18.9 Å². The van der Waals surface area contributed by atoms with Crippen LogP contribution in [0.5, 0.6) is 0 Å². The maximum absolute atomic E-state index is 12.7. The first-order valence-corrected chi connectivity index (χ1v) is 7.19. The Kier molecular flexibility index (Phi) is 5.45. The first-order valence-electron chi connectivity index (χ1n) is 7.19. The van der Waals surface area contributed by atoms with Gasteiger partial charge in [-0.05, 0) is 37.0 Å². The number of rotatable bonds is 6. The van der Waals surface area contributed by atoms with Crippen molar-refractivity contribution < 1.29 is 17.6 Å². The average molecular weight is 304 g/mol. The quantitative estimate of drug-likeness (QED) is 0.807. The number of halogens is 4. The van der Waals surface area contributed by atoms with E-state index in [4.69, 9.17) is 0 Å². The Bertz CT molecular complexity index is 428. The van der Waals surface area contributed by atoms with Gasteiger partial charge in [0.2, 0.25) is 0 Å². The summed E-state index contributed by atoms with van der Waals surface area (Å²) in [5.74, 6) is -3.98. The molecule has 0 radical (unpaired) electrons. The molecule has 0 atom stereocenters. The molecule has 0 aromatic heterocycles. The first kappa shape index (κ1) is 16.1. The monoisotopic (exact) mass is 304 g/mol. The number of hydrogen-bond donors (Lipinski definition) is 1. The van der Waals surface area contributed by atoms with E-state index in [9.17, 15) is 17.6 Å². The van der Waals surface area contributed by atoms with E-state index in [1.165, 1.54) is 19.3 Å². The lowest BCUT2D eigenvalue weighted by atomic mass is 10.1. The smallest absolute Gasteiger partial charge is 0.319 e. The van der Waals surface area contributed by atoms with Gasteiger partial charge in [-0.2, -0.15) is 8.78 Å². The number of hydrogen-bond acceptors (Lipinski definition) is 2.